The number of benzene rings is 1. The summed E-state index contributed by atoms with van der Waals surface area (Å²) in [6.07, 6.45) is 3.65. The van der Waals surface area contributed by atoms with Crippen molar-refractivity contribution in [3.63, 3.8) is 0 Å². The van der Waals surface area contributed by atoms with Gasteiger partial charge in [-0.05, 0) is 24.1 Å². The van der Waals surface area contributed by atoms with E-state index in [1.165, 1.54) is 0 Å². The van der Waals surface area contributed by atoms with Crippen LogP contribution in [0, 0.1) is 6.92 Å². The Bertz CT molecular complexity index is 747. The fraction of sp³-hybridized carbons (Fsp3) is 0.200. The molecule has 0 amide bonds. The molecule has 0 bridgehead atoms. The molecule has 0 saturated heterocycles. The van der Waals surface area contributed by atoms with Crippen molar-refractivity contribution in [3.8, 4) is 0 Å². The molecule has 0 aliphatic rings. The SMILES string of the molecule is Cc1cncc(C(NN)c2nn(C)c3ccccc23)c1. The topological polar surface area (TPSA) is 68.8 Å². The van der Waals surface area contributed by atoms with Crippen LogP contribution < -0.4 is 11.3 Å². The van der Waals surface area contributed by atoms with Crippen molar-refractivity contribution in [3.05, 3.63) is 59.5 Å². The number of rotatable bonds is 3. The van der Waals surface area contributed by atoms with E-state index in [0.29, 0.717) is 0 Å². The lowest BCUT2D eigenvalue weighted by atomic mass is 10.0. The van der Waals surface area contributed by atoms with Crippen LogP contribution in [-0.2, 0) is 7.05 Å². The van der Waals surface area contributed by atoms with Gasteiger partial charge < -0.3 is 0 Å². The quantitative estimate of drug-likeness (QED) is 0.561. The standard InChI is InChI=1S/C15H17N5/c1-10-7-11(9-17-8-10)14(18-16)15-12-5-3-4-6-13(12)20(2)19-15/h3-9,14,18H,16H2,1-2H3. The minimum Gasteiger partial charge on any atom is -0.271 e. The number of hydrazine groups is 1. The van der Waals surface area contributed by atoms with Gasteiger partial charge in [-0.1, -0.05) is 24.3 Å². The lowest BCUT2D eigenvalue weighted by Crippen LogP contribution is -2.29. The second kappa shape index (κ2) is 5.03. The maximum absolute atomic E-state index is 5.76. The van der Waals surface area contributed by atoms with E-state index < -0.39 is 0 Å². The normalized spacial score (nSPS) is 12.8. The second-order valence-electron chi connectivity index (χ2n) is 4.92. The van der Waals surface area contributed by atoms with Crippen LogP contribution in [-0.4, -0.2) is 14.8 Å². The summed E-state index contributed by atoms with van der Waals surface area (Å²) in [7, 11) is 1.94. The molecule has 5 nitrogen and oxygen atoms in total. The van der Waals surface area contributed by atoms with E-state index in [1.807, 2.05) is 49.2 Å². The molecule has 1 atom stereocenters. The first kappa shape index (κ1) is 12.8. The molecule has 0 aliphatic heterocycles. The zero-order chi connectivity index (χ0) is 14.1. The first-order valence-electron chi connectivity index (χ1n) is 6.50. The highest BCUT2D eigenvalue weighted by Gasteiger charge is 2.19. The zero-order valence-electron chi connectivity index (χ0n) is 11.5. The number of pyridine rings is 1. The third-order valence-corrected chi connectivity index (χ3v) is 3.46. The predicted octanol–water partition coefficient (Wildman–Crippen LogP) is 1.83. The third-order valence-electron chi connectivity index (χ3n) is 3.46. The second-order valence-corrected chi connectivity index (χ2v) is 4.92. The fourth-order valence-corrected chi connectivity index (χ4v) is 2.52. The minimum atomic E-state index is -0.173. The molecular weight excluding hydrogens is 250 g/mol. The summed E-state index contributed by atoms with van der Waals surface area (Å²) in [4.78, 5) is 4.24. The van der Waals surface area contributed by atoms with E-state index >= 15 is 0 Å². The minimum absolute atomic E-state index is 0.173. The number of aromatic nitrogens is 3. The Labute approximate surface area is 117 Å². The molecule has 3 rings (SSSR count). The molecule has 1 aromatic carbocycles. The molecule has 0 radical (unpaired) electrons. The molecule has 1 unspecified atom stereocenters. The van der Waals surface area contributed by atoms with Crippen LogP contribution in [0.25, 0.3) is 10.9 Å². The molecular formula is C15H17N5. The van der Waals surface area contributed by atoms with E-state index in [4.69, 9.17) is 5.84 Å². The Balaban J connectivity index is 2.17. The van der Waals surface area contributed by atoms with Gasteiger partial charge in [0.15, 0.2) is 0 Å². The van der Waals surface area contributed by atoms with Crippen molar-refractivity contribution in [2.24, 2.45) is 12.9 Å². The average molecular weight is 267 g/mol. The van der Waals surface area contributed by atoms with E-state index in [1.54, 1.807) is 0 Å². The largest absolute Gasteiger partial charge is 0.271 e. The molecule has 3 aromatic rings. The number of hydrogen-bond acceptors (Lipinski definition) is 4. The van der Waals surface area contributed by atoms with Gasteiger partial charge in [0.05, 0.1) is 17.3 Å². The van der Waals surface area contributed by atoms with Gasteiger partial charge in [-0.25, -0.2) is 5.43 Å². The molecule has 0 aliphatic carbocycles. The van der Waals surface area contributed by atoms with E-state index in [0.717, 1.165) is 27.7 Å². The summed E-state index contributed by atoms with van der Waals surface area (Å²) in [5.41, 5.74) is 6.96. The Morgan fingerprint density at radius 1 is 1.25 bits per heavy atom. The Morgan fingerprint density at radius 3 is 2.80 bits per heavy atom. The number of para-hydroxylation sites is 1. The zero-order valence-corrected chi connectivity index (χ0v) is 11.5. The summed E-state index contributed by atoms with van der Waals surface area (Å²) < 4.78 is 1.87. The smallest absolute Gasteiger partial charge is 0.0931 e. The van der Waals surface area contributed by atoms with Crippen LogP contribution in [0.3, 0.4) is 0 Å². The summed E-state index contributed by atoms with van der Waals surface area (Å²) >= 11 is 0. The van der Waals surface area contributed by atoms with Gasteiger partial charge >= 0.3 is 0 Å². The van der Waals surface area contributed by atoms with Crippen molar-refractivity contribution in [2.75, 3.05) is 0 Å². The van der Waals surface area contributed by atoms with Crippen LogP contribution in [0.2, 0.25) is 0 Å². The molecule has 0 saturated carbocycles. The van der Waals surface area contributed by atoms with Crippen LogP contribution in [0.1, 0.15) is 22.9 Å². The lowest BCUT2D eigenvalue weighted by molar-refractivity contribution is 0.606. The lowest BCUT2D eigenvalue weighted by Gasteiger charge is -2.14. The van der Waals surface area contributed by atoms with Gasteiger partial charge in [0.2, 0.25) is 0 Å². The van der Waals surface area contributed by atoms with Crippen molar-refractivity contribution in [2.45, 2.75) is 13.0 Å². The molecule has 0 spiro atoms. The van der Waals surface area contributed by atoms with Crippen molar-refractivity contribution < 1.29 is 0 Å². The monoisotopic (exact) mass is 267 g/mol. The number of fused-ring (bicyclic) bond motifs is 1. The molecule has 2 aromatic heterocycles. The highest BCUT2D eigenvalue weighted by molar-refractivity contribution is 5.82. The maximum Gasteiger partial charge on any atom is 0.0931 e. The Morgan fingerprint density at radius 2 is 2.05 bits per heavy atom. The highest BCUT2D eigenvalue weighted by Crippen LogP contribution is 2.27. The number of aryl methyl sites for hydroxylation is 2. The van der Waals surface area contributed by atoms with E-state index in [2.05, 4.69) is 27.6 Å². The summed E-state index contributed by atoms with van der Waals surface area (Å²) in [5, 5.41) is 5.71. The predicted molar refractivity (Wildman–Crippen MR) is 78.9 cm³/mol. The van der Waals surface area contributed by atoms with Gasteiger partial charge in [-0.15, -0.1) is 0 Å². The van der Waals surface area contributed by atoms with Crippen molar-refractivity contribution in [1.82, 2.24) is 20.2 Å². The number of nitrogens with one attached hydrogen (secondary N) is 1. The highest BCUT2D eigenvalue weighted by atomic mass is 15.3. The van der Waals surface area contributed by atoms with Crippen molar-refractivity contribution >= 4 is 10.9 Å². The van der Waals surface area contributed by atoms with Crippen LogP contribution in [0.4, 0.5) is 0 Å². The average Bonchev–Trinajstić information content (AvgIpc) is 2.78. The first-order valence-corrected chi connectivity index (χ1v) is 6.50. The maximum atomic E-state index is 5.76. The van der Waals surface area contributed by atoms with Crippen LogP contribution in [0.5, 0.6) is 0 Å². The Kier molecular flexibility index (Phi) is 3.22. The van der Waals surface area contributed by atoms with Gasteiger partial charge in [0.25, 0.3) is 0 Å². The summed E-state index contributed by atoms with van der Waals surface area (Å²) in [6.45, 7) is 2.01. The van der Waals surface area contributed by atoms with Gasteiger partial charge in [0.1, 0.15) is 0 Å². The molecule has 2 heterocycles. The van der Waals surface area contributed by atoms with Gasteiger partial charge in [-0.3, -0.25) is 15.5 Å². The molecule has 5 heteroatoms. The summed E-state index contributed by atoms with van der Waals surface area (Å²) in [6, 6.07) is 10.0. The Hall–Kier alpha value is -2.24. The van der Waals surface area contributed by atoms with E-state index in [9.17, 15) is 0 Å². The molecule has 20 heavy (non-hydrogen) atoms. The molecule has 102 valence electrons. The third kappa shape index (κ3) is 2.07. The number of nitrogens with two attached hydrogens (primary N) is 1. The van der Waals surface area contributed by atoms with Crippen LogP contribution in [0.15, 0.2) is 42.7 Å². The van der Waals surface area contributed by atoms with Gasteiger partial charge in [-0.2, -0.15) is 5.10 Å². The molecule has 0 fully saturated rings. The van der Waals surface area contributed by atoms with E-state index in [-0.39, 0.29) is 6.04 Å². The summed E-state index contributed by atoms with van der Waals surface area (Å²) in [5.74, 6) is 5.76. The van der Waals surface area contributed by atoms with Crippen LogP contribution >= 0.6 is 0 Å². The van der Waals surface area contributed by atoms with Gasteiger partial charge in [0, 0.05) is 24.8 Å². The number of nitrogens with zero attached hydrogens (tertiary/aromatic N) is 3. The molecule has 3 N–H and O–H groups in total. The fourth-order valence-electron chi connectivity index (χ4n) is 2.52. The number of hydrogen-bond donors (Lipinski definition) is 2. The van der Waals surface area contributed by atoms with Crippen molar-refractivity contribution in [1.29, 1.82) is 0 Å². The first-order chi connectivity index (χ1) is 9.70.